The summed E-state index contributed by atoms with van der Waals surface area (Å²) >= 11 is 0. The third-order valence-electron chi connectivity index (χ3n) is 7.76. The van der Waals surface area contributed by atoms with E-state index in [2.05, 4.69) is 76.5 Å². The molecule has 0 radical (unpaired) electrons. The van der Waals surface area contributed by atoms with Gasteiger partial charge in [0.25, 0.3) is 0 Å². The molecule has 3 nitrogen and oxygen atoms in total. The van der Waals surface area contributed by atoms with Gasteiger partial charge >= 0.3 is 0 Å². The second-order valence-corrected chi connectivity index (χ2v) is 10.6. The number of hydrogen-bond donors (Lipinski definition) is 0. The molecule has 2 atom stereocenters. The molecule has 0 spiro atoms. The molecular formula is C33H39FN2O. The topological polar surface area (TPSA) is 15.7 Å². The normalized spacial score (nSPS) is 20.2. The standard InChI is InChI=1S/C33H39FN2O/c34-31-15-17-33(18-16-31)37-23-5-8-27-6-4-7-30(24-27)25-28-11-13-29(14-12-28)26-35-19-21-36(22-20-35)32-9-2-1-3-10-32/h1-4,6,9-18,27,30H,5,7-8,19-26H2. The zero-order valence-electron chi connectivity index (χ0n) is 21.8. The van der Waals surface area contributed by atoms with Gasteiger partial charge in [0.1, 0.15) is 11.6 Å². The van der Waals surface area contributed by atoms with Crippen molar-refractivity contribution in [1.29, 1.82) is 0 Å². The fraction of sp³-hybridized carbons (Fsp3) is 0.394. The summed E-state index contributed by atoms with van der Waals surface area (Å²) in [7, 11) is 0. The number of ether oxygens (including phenoxy) is 1. The first kappa shape index (κ1) is 25.5. The zero-order valence-corrected chi connectivity index (χ0v) is 21.8. The van der Waals surface area contributed by atoms with E-state index in [9.17, 15) is 4.39 Å². The number of para-hydroxylation sites is 1. The zero-order chi connectivity index (χ0) is 25.3. The Balaban J connectivity index is 1.01. The number of piperazine rings is 1. The number of nitrogens with zero attached hydrogens (tertiary/aromatic N) is 2. The van der Waals surface area contributed by atoms with Gasteiger partial charge in [-0.05, 0) is 91.5 Å². The van der Waals surface area contributed by atoms with Gasteiger partial charge in [-0.1, -0.05) is 54.6 Å². The largest absolute Gasteiger partial charge is 0.494 e. The average Bonchev–Trinajstić information content (AvgIpc) is 2.94. The molecule has 1 aliphatic heterocycles. The van der Waals surface area contributed by atoms with Crippen LogP contribution in [-0.2, 0) is 13.0 Å². The summed E-state index contributed by atoms with van der Waals surface area (Å²) in [5, 5.41) is 0. The minimum atomic E-state index is -0.224. The van der Waals surface area contributed by atoms with Crippen molar-refractivity contribution in [3.63, 3.8) is 0 Å². The minimum absolute atomic E-state index is 0.224. The lowest BCUT2D eigenvalue weighted by Gasteiger charge is -2.36. The van der Waals surface area contributed by atoms with Gasteiger partial charge < -0.3 is 9.64 Å². The summed E-state index contributed by atoms with van der Waals surface area (Å²) in [4.78, 5) is 5.06. The van der Waals surface area contributed by atoms with Crippen molar-refractivity contribution in [2.75, 3.05) is 37.7 Å². The monoisotopic (exact) mass is 498 g/mol. The first-order valence-electron chi connectivity index (χ1n) is 13.9. The molecule has 2 unspecified atom stereocenters. The van der Waals surface area contributed by atoms with Gasteiger partial charge in [0, 0.05) is 38.4 Å². The molecule has 0 saturated carbocycles. The third-order valence-corrected chi connectivity index (χ3v) is 7.76. The second-order valence-electron chi connectivity index (χ2n) is 10.6. The van der Waals surface area contributed by atoms with E-state index in [1.54, 1.807) is 12.1 Å². The number of rotatable bonds is 10. The first-order chi connectivity index (χ1) is 18.2. The molecule has 0 bridgehead atoms. The molecule has 2 aliphatic rings. The fourth-order valence-electron chi connectivity index (χ4n) is 5.69. The van der Waals surface area contributed by atoms with Gasteiger partial charge in [0.2, 0.25) is 0 Å². The molecule has 0 amide bonds. The van der Waals surface area contributed by atoms with Crippen molar-refractivity contribution in [3.05, 3.63) is 108 Å². The van der Waals surface area contributed by atoms with Crippen LogP contribution in [0.25, 0.3) is 0 Å². The second kappa shape index (κ2) is 12.9. The Morgan fingerprint density at radius 2 is 1.54 bits per heavy atom. The highest BCUT2D eigenvalue weighted by Crippen LogP contribution is 2.29. The molecule has 1 heterocycles. The Labute approximate surface area is 221 Å². The van der Waals surface area contributed by atoms with Crippen LogP contribution in [0.15, 0.2) is 91.0 Å². The van der Waals surface area contributed by atoms with Crippen molar-refractivity contribution in [3.8, 4) is 5.75 Å². The molecule has 194 valence electrons. The van der Waals surface area contributed by atoms with E-state index in [0.29, 0.717) is 18.4 Å². The molecule has 1 saturated heterocycles. The average molecular weight is 499 g/mol. The van der Waals surface area contributed by atoms with Gasteiger partial charge in [0.05, 0.1) is 6.61 Å². The van der Waals surface area contributed by atoms with Gasteiger partial charge in [0.15, 0.2) is 0 Å². The predicted molar refractivity (Wildman–Crippen MR) is 151 cm³/mol. The van der Waals surface area contributed by atoms with E-state index in [4.69, 9.17) is 4.74 Å². The molecule has 0 aromatic heterocycles. The van der Waals surface area contributed by atoms with Crippen molar-refractivity contribution in [1.82, 2.24) is 4.90 Å². The molecule has 5 rings (SSSR count). The van der Waals surface area contributed by atoms with Crippen LogP contribution in [0.3, 0.4) is 0 Å². The summed E-state index contributed by atoms with van der Waals surface area (Å²) in [6, 6.07) is 26.4. The number of benzene rings is 3. The maximum atomic E-state index is 13.0. The van der Waals surface area contributed by atoms with Gasteiger partial charge in [-0.3, -0.25) is 4.90 Å². The Morgan fingerprint density at radius 3 is 2.30 bits per heavy atom. The van der Waals surface area contributed by atoms with Crippen molar-refractivity contribution >= 4 is 5.69 Å². The van der Waals surface area contributed by atoms with Crippen LogP contribution in [0.5, 0.6) is 5.75 Å². The number of allylic oxidation sites excluding steroid dienone is 2. The van der Waals surface area contributed by atoms with E-state index < -0.39 is 0 Å². The lowest BCUT2D eigenvalue weighted by molar-refractivity contribution is 0.250. The summed E-state index contributed by atoms with van der Waals surface area (Å²) in [5.41, 5.74) is 4.21. The molecular weight excluding hydrogens is 459 g/mol. The van der Waals surface area contributed by atoms with E-state index in [0.717, 1.165) is 57.7 Å². The molecule has 4 heteroatoms. The van der Waals surface area contributed by atoms with E-state index >= 15 is 0 Å². The predicted octanol–water partition coefficient (Wildman–Crippen LogP) is 7.13. The Bertz CT molecular complexity index is 1110. The molecule has 3 aromatic rings. The van der Waals surface area contributed by atoms with Gasteiger partial charge in [-0.15, -0.1) is 0 Å². The molecule has 3 aromatic carbocycles. The fourth-order valence-corrected chi connectivity index (χ4v) is 5.69. The highest BCUT2D eigenvalue weighted by molar-refractivity contribution is 5.46. The van der Waals surface area contributed by atoms with Crippen LogP contribution in [-0.4, -0.2) is 37.7 Å². The molecule has 37 heavy (non-hydrogen) atoms. The van der Waals surface area contributed by atoms with Gasteiger partial charge in [-0.25, -0.2) is 4.39 Å². The van der Waals surface area contributed by atoms with Crippen LogP contribution < -0.4 is 9.64 Å². The number of anilines is 1. The Morgan fingerprint density at radius 1 is 0.811 bits per heavy atom. The third kappa shape index (κ3) is 7.69. The summed E-state index contributed by atoms with van der Waals surface area (Å²) < 4.78 is 18.8. The quantitative estimate of drug-likeness (QED) is 0.218. The van der Waals surface area contributed by atoms with Crippen LogP contribution in [0, 0.1) is 17.7 Å². The Hall–Kier alpha value is -3.11. The van der Waals surface area contributed by atoms with E-state index in [1.165, 1.54) is 41.8 Å². The van der Waals surface area contributed by atoms with E-state index in [1.807, 2.05) is 0 Å². The van der Waals surface area contributed by atoms with Crippen molar-refractivity contribution < 1.29 is 9.13 Å². The first-order valence-corrected chi connectivity index (χ1v) is 13.9. The maximum Gasteiger partial charge on any atom is 0.123 e. The Kier molecular flexibility index (Phi) is 8.91. The van der Waals surface area contributed by atoms with E-state index in [-0.39, 0.29) is 5.82 Å². The van der Waals surface area contributed by atoms with Crippen molar-refractivity contribution in [2.24, 2.45) is 11.8 Å². The summed E-state index contributed by atoms with van der Waals surface area (Å²) in [6.45, 7) is 6.14. The summed E-state index contributed by atoms with van der Waals surface area (Å²) in [6.07, 6.45) is 10.5. The van der Waals surface area contributed by atoms with Crippen LogP contribution >= 0.6 is 0 Å². The van der Waals surface area contributed by atoms with Crippen molar-refractivity contribution in [2.45, 2.75) is 38.6 Å². The SMILES string of the molecule is Fc1ccc(OCCCC2C=CCC(Cc3ccc(CN4CCN(c5ccccc5)CC4)cc3)C2)cc1. The molecule has 1 fully saturated rings. The summed E-state index contributed by atoms with van der Waals surface area (Å²) in [5.74, 6) is 1.86. The molecule has 1 aliphatic carbocycles. The minimum Gasteiger partial charge on any atom is -0.494 e. The lowest BCUT2D eigenvalue weighted by atomic mass is 9.81. The number of halogens is 1. The lowest BCUT2D eigenvalue weighted by Crippen LogP contribution is -2.45. The van der Waals surface area contributed by atoms with Gasteiger partial charge in [-0.2, -0.15) is 0 Å². The van der Waals surface area contributed by atoms with Crippen LogP contribution in [0.4, 0.5) is 10.1 Å². The van der Waals surface area contributed by atoms with Crippen LogP contribution in [0.1, 0.15) is 36.8 Å². The smallest absolute Gasteiger partial charge is 0.123 e. The van der Waals surface area contributed by atoms with Crippen LogP contribution in [0.2, 0.25) is 0 Å². The maximum absolute atomic E-state index is 13.0. The molecule has 0 N–H and O–H groups in total. The highest BCUT2D eigenvalue weighted by atomic mass is 19.1. The number of hydrogen-bond acceptors (Lipinski definition) is 3. The highest BCUT2D eigenvalue weighted by Gasteiger charge is 2.19.